The van der Waals surface area contributed by atoms with E-state index < -0.39 is 5.91 Å². The van der Waals surface area contributed by atoms with Gasteiger partial charge in [0.2, 0.25) is 5.91 Å². The Labute approximate surface area is 119 Å². The van der Waals surface area contributed by atoms with Crippen LogP contribution in [0.15, 0.2) is 40.9 Å². The van der Waals surface area contributed by atoms with Crippen LogP contribution in [0.3, 0.4) is 0 Å². The highest BCUT2D eigenvalue weighted by Gasteiger charge is 2.06. The lowest BCUT2D eigenvalue weighted by Crippen LogP contribution is -2.11. The Morgan fingerprint density at radius 3 is 2.53 bits per heavy atom. The summed E-state index contributed by atoms with van der Waals surface area (Å²) in [5.41, 5.74) is 14.8. The second-order valence-electron chi connectivity index (χ2n) is 4.25. The first-order chi connectivity index (χ1) is 8.97. The van der Waals surface area contributed by atoms with Gasteiger partial charge in [0.05, 0.1) is 11.4 Å². The summed E-state index contributed by atoms with van der Waals surface area (Å²) in [5, 5.41) is 3.24. The fraction of sp³-hybridized carbons (Fsp3) is 0.0714. The highest BCUT2D eigenvalue weighted by Crippen LogP contribution is 2.28. The van der Waals surface area contributed by atoms with Gasteiger partial charge in [0.25, 0.3) is 0 Å². The van der Waals surface area contributed by atoms with Crippen molar-refractivity contribution in [2.45, 2.75) is 6.92 Å². The third-order valence-electron chi connectivity index (χ3n) is 2.81. The molecular formula is C14H14BrN3O. The van der Waals surface area contributed by atoms with E-state index in [1.54, 1.807) is 18.2 Å². The van der Waals surface area contributed by atoms with Crippen molar-refractivity contribution in [2.24, 2.45) is 5.73 Å². The van der Waals surface area contributed by atoms with E-state index in [2.05, 4.69) is 21.2 Å². The zero-order chi connectivity index (χ0) is 14.0. The van der Waals surface area contributed by atoms with Gasteiger partial charge in [-0.2, -0.15) is 0 Å². The number of hydrogen-bond acceptors (Lipinski definition) is 3. The molecule has 0 saturated carbocycles. The van der Waals surface area contributed by atoms with Gasteiger partial charge in [-0.15, -0.1) is 0 Å². The molecule has 0 unspecified atom stereocenters. The molecule has 0 saturated heterocycles. The Morgan fingerprint density at radius 1 is 1.16 bits per heavy atom. The number of anilines is 3. The molecule has 0 bridgehead atoms. The number of carbonyl (C=O) groups is 1. The van der Waals surface area contributed by atoms with Crippen LogP contribution in [0.25, 0.3) is 0 Å². The van der Waals surface area contributed by atoms with Gasteiger partial charge < -0.3 is 16.8 Å². The summed E-state index contributed by atoms with van der Waals surface area (Å²) in [7, 11) is 0. The maximum atomic E-state index is 11.1. The fourth-order valence-corrected chi connectivity index (χ4v) is 2.06. The van der Waals surface area contributed by atoms with E-state index in [-0.39, 0.29) is 0 Å². The molecule has 2 aromatic rings. The number of nitrogens with two attached hydrogens (primary N) is 2. The number of carbonyl (C=O) groups excluding carboxylic acids is 1. The number of nitrogen functional groups attached to an aromatic ring is 1. The van der Waals surface area contributed by atoms with Crippen LogP contribution >= 0.6 is 15.9 Å². The van der Waals surface area contributed by atoms with Crippen molar-refractivity contribution in [2.75, 3.05) is 11.1 Å². The van der Waals surface area contributed by atoms with Gasteiger partial charge >= 0.3 is 0 Å². The summed E-state index contributed by atoms with van der Waals surface area (Å²) < 4.78 is 0.980. The molecule has 0 spiro atoms. The maximum Gasteiger partial charge on any atom is 0.248 e. The standard InChI is InChI=1S/C14H14BrN3O/c1-8-2-4-10(15)7-13(8)18-12-5-3-9(14(17)19)6-11(12)16/h2-7,18H,16H2,1H3,(H2,17,19). The summed E-state index contributed by atoms with van der Waals surface area (Å²) in [4.78, 5) is 11.1. The van der Waals surface area contributed by atoms with Crippen molar-refractivity contribution in [3.8, 4) is 0 Å². The molecule has 1 amide bonds. The average Bonchev–Trinajstić information content (AvgIpc) is 2.36. The van der Waals surface area contributed by atoms with Crippen LogP contribution in [0.1, 0.15) is 15.9 Å². The SMILES string of the molecule is Cc1ccc(Br)cc1Nc1ccc(C(N)=O)cc1N. The quantitative estimate of drug-likeness (QED) is 0.760. The smallest absolute Gasteiger partial charge is 0.248 e. The predicted octanol–water partition coefficient (Wildman–Crippen LogP) is 3.18. The number of hydrogen-bond donors (Lipinski definition) is 3. The normalized spacial score (nSPS) is 10.2. The van der Waals surface area contributed by atoms with E-state index in [9.17, 15) is 4.79 Å². The number of rotatable bonds is 3. The van der Waals surface area contributed by atoms with E-state index in [1.807, 2.05) is 25.1 Å². The van der Waals surface area contributed by atoms with Crippen molar-refractivity contribution in [3.05, 3.63) is 52.0 Å². The van der Waals surface area contributed by atoms with Crippen LogP contribution in [0.4, 0.5) is 17.1 Å². The zero-order valence-electron chi connectivity index (χ0n) is 10.4. The first-order valence-electron chi connectivity index (χ1n) is 5.70. The Balaban J connectivity index is 2.33. The van der Waals surface area contributed by atoms with Crippen molar-refractivity contribution >= 4 is 38.9 Å². The van der Waals surface area contributed by atoms with Crippen molar-refractivity contribution < 1.29 is 4.79 Å². The van der Waals surface area contributed by atoms with Gasteiger partial charge in [0.1, 0.15) is 0 Å². The number of primary amides is 1. The molecule has 5 heteroatoms. The molecule has 0 aliphatic heterocycles. The fourth-order valence-electron chi connectivity index (χ4n) is 1.70. The van der Waals surface area contributed by atoms with Gasteiger partial charge in [0.15, 0.2) is 0 Å². The summed E-state index contributed by atoms with van der Waals surface area (Å²) >= 11 is 3.43. The van der Waals surface area contributed by atoms with Gasteiger partial charge in [-0.05, 0) is 42.8 Å². The van der Waals surface area contributed by atoms with Crippen LogP contribution in [-0.4, -0.2) is 5.91 Å². The summed E-state index contributed by atoms with van der Waals surface area (Å²) in [6.07, 6.45) is 0. The van der Waals surface area contributed by atoms with Crippen LogP contribution in [0.2, 0.25) is 0 Å². The zero-order valence-corrected chi connectivity index (χ0v) is 12.0. The monoisotopic (exact) mass is 319 g/mol. The Hall–Kier alpha value is -2.01. The lowest BCUT2D eigenvalue weighted by atomic mass is 10.1. The Kier molecular flexibility index (Phi) is 3.76. The third-order valence-corrected chi connectivity index (χ3v) is 3.30. The highest BCUT2D eigenvalue weighted by atomic mass is 79.9. The predicted molar refractivity (Wildman–Crippen MR) is 81.5 cm³/mol. The minimum absolute atomic E-state index is 0.397. The maximum absolute atomic E-state index is 11.1. The molecular weight excluding hydrogens is 306 g/mol. The molecule has 0 aliphatic carbocycles. The highest BCUT2D eigenvalue weighted by molar-refractivity contribution is 9.10. The van der Waals surface area contributed by atoms with Crippen LogP contribution in [0.5, 0.6) is 0 Å². The lowest BCUT2D eigenvalue weighted by molar-refractivity contribution is 0.100. The van der Waals surface area contributed by atoms with Crippen molar-refractivity contribution in [3.63, 3.8) is 0 Å². The van der Waals surface area contributed by atoms with Crippen LogP contribution in [0, 0.1) is 6.92 Å². The second kappa shape index (κ2) is 5.32. The molecule has 0 atom stereocenters. The molecule has 0 aliphatic rings. The van der Waals surface area contributed by atoms with Gasteiger partial charge in [-0.25, -0.2) is 0 Å². The molecule has 4 nitrogen and oxygen atoms in total. The number of halogens is 1. The minimum Gasteiger partial charge on any atom is -0.397 e. The molecule has 0 fully saturated rings. The van der Waals surface area contributed by atoms with E-state index in [0.717, 1.165) is 21.4 Å². The third kappa shape index (κ3) is 3.06. The van der Waals surface area contributed by atoms with Gasteiger partial charge in [-0.1, -0.05) is 22.0 Å². The number of amides is 1. The first-order valence-corrected chi connectivity index (χ1v) is 6.49. The van der Waals surface area contributed by atoms with Crippen LogP contribution in [-0.2, 0) is 0 Å². The van der Waals surface area contributed by atoms with Crippen LogP contribution < -0.4 is 16.8 Å². The molecule has 2 aromatic carbocycles. The van der Waals surface area contributed by atoms with Crippen molar-refractivity contribution in [1.82, 2.24) is 0 Å². The molecule has 5 N–H and O–H groups in total. The van der Waals surface area contributed by atoms with Crippen molar-refractivity contribution in [1.29, 1.82) is 0 Å². The Bertz CT molecular complexity index is 641. The summed E-state index contributed by atoms with van der Waals surface area (Å²) in [6.45, 7) is 2.00. The summed E-state index contributed by atoms with van der Waals surface area (Å²) in [6, 6.07) is 10.9. The van der Waals surface area contributed by atoms with Gasteiger partial charge in [-0.3, -0.25) is 4.79 Å². The number of nitrogens with one attached hydrogen (secondary N) is 1. The van der Waals surface area contributed by atoms with Gasteiger partial charge in [0, 0.05) is 15.7 Å². The molecule has 0 aromatic heterocycles. The minimum atomic E-state index is -0.489. The van der Waals surface area contributed by atoms with E-state index >= 15 is 0 Å². The Morgan fingerprint density at radius 2 is 1.89 bits per heavy atom. The van der Waals surface area contributed by atoms with E-state index in [0.29, 0.717) is 11.3 Å². The molecule has 19 heavy (non-hydrogen) atoms. The molecule has 98 valence electrons. The number of aryl methyl sites for hydroxylation is 1. The summed E-state index contributed by atoms with van der Waals surface area (Å²) in [5.74, 6) is -0.489. The molecule has 2 rings (SSSR count). The van der Waals surface area contributed by atoms with E-state index in [1.165, 1.54) is 0 Å². The number of benzene rings is 2. The average molecular weight is 320 g/mol. The van der Waals surface area contributed by atoms with E-state index in [4.69, 9.17) is 11.5 Å². The first kappa shape index (κ1) is 13.4. The largest absolute Gasteiger partial charge is 0.397 e. The molecule has 0 heterocycles. The second-order valence-corrected chi connectivity index (χ2v) is 5.17. The lowest BCUT2D eigenvalue weighted by Gasteiger charge is -2.12. The molecule has 0 radical (unpaired) electrons. The topological polar surface area (TPSA) is 81.1 Å².